The molecule has 1 heteroatoms. The van der Waals surface area contributed by atoms with Gasteiger partial charge in [0.2, 0.25) is 0 Å². The highest BCUT2D eigenvalue weighted by Crippen LogP contribution is 2.64. The summed E-state index contributed by atoms with van der Waals surface area (Å²) in [5, 5.41) is 0. The van der Waals surface area contributed by atoms with Crippen LogP contribution in [0.5, 0.6) is 0 Å². The van der Waals surface area contributed by atoms with Crippen LogP contribution in [-0.4, -0.2) is 0 Å². The highest BCUT2D eigenvalue weighted by Gasteiger charge is 2.54. The van der Waals surface area contributed by atoms with E-state index in [1.165, 1.54) is 5.57 Å². The first-order chi connectivity index (χ1) is 5.59. The van der Waals surface area contributed by atoms with Crippen molar-refractivity contribution in [1.29, 1.82) is 0 Å². The molecule has 1 unspecified atom stereocenters. The number of hydrogen-bond donors (Lipinski definition) is 0. The van der Waals surface area contributed by atoms with Crippen LogP contribution in [-0.2, 0) is 0 Å². The van der Waals surface area contributed by atoms with Crippen molar-refractivity contribution in [2.75, 3.05) is 0 Å². The van der Waals surface area contributed by atoms with E-state index < -0.39 is 0 Å². The Labute approximate surface area is 73.2 Å². The largest absolute Gasteiger partial charge is 0.207 e. The summed E-state index contributed by atoms with van der Waals surface area (Å²) in [6, 6.07) is 0. The third kappa shape index (κ3) is 0.825. The second-order valence-corrected chi connectivity index (χ2v) is 4.31. The Hall–Kier alpha value is -0.590. The zero-order valence-corrected chi connectivity index (χ0v) is 7.95. The Morgan fingerprint density at radius 3 is 2.75 bits per heavy atom. The van der Waals surface area contributed by atoms with E-state index in [2.05, 4.69) is 13.8 Å². The van der Waals surface area contributed by atoms with E-state index in [9.17, 15) is 4.39 Å². The normalized spacial score (nSPS) is 31.3. The second-order valence-electron chi connectivity index (χ2n) is 4.31. The monoisotopic (exact) mass is 166 g/mol. The van der Waals surface area contributed by atoms with Gasteiger partial charge in [-0.05, 0) is 35.8 Å². The van der Waals surface area contributed by atoms with Crippen molar-refractivity contribution >= 4 is 0 Å². The summed E-state index contributed by atoms with van der Waals surface area (Å²) in [4.78, 5) is 0. The number of rotatable bonds is 1. The van der Waals surface area contributed by atoms with Crippen LogP contribution in [0.25, 0.3) is 0 Å². The highest BCUT2D eigenvalue weighted by atomic mass is 19.1. The van der Waals surface area contributed by atoms with E-state index in [0.717, 1.165) is 18.4 Å². The molecule has 1 atom stereocenters. The quantitative estimate of drug-likeness (QED) is 0.558. The predicted molar refractivity (Wildman–Crippen MR) is 48.4 cm³/mol. The Bertz CT molecular complexity index is 281. The number of hydrogen-bond acceptors (Lipinski definition) is 0. The Kier molecular flexibility index (Phi) is 1.48. The fraction of sp³-hybridized carbons (Fsp3) is 0.636. The van der Waals surface area contributed by atoms with Crippen LogP contribution in [0.1, 0.15) is 33.6 Å². The van der Waals surface area contributed by atoms with Gasteiger partial charge in [0.1, 0.15) is 5.83 Å². The average molecular weight is 166 g/mol. The van der Waals surface area contributed by atoms with Crippen molar-refractivity contribution in [2.45, 2.75) is 33.6 Å². The molecule has 0 aromatic heterocycles. The molecule has 2 aliphatic rings. The number of allylic oxidation sites excluding steroid dienone is 4. The van der Waals surface area contributed by atoms with E-state index in [-0.39, 0.29) is 11.2 Å². The molecule has 0 aromatic rings. The van der Waals surface area contributed by atoms with Crippen molar-refractivity contribution < 1.29 is 4.39 Å². The molecule has 12 heavy (non-hydrogen) atoms. The summed E-state index contributed by atoms with van der Waals surface area (Å²) in [7, 11) is 0. The summed E-state index contributed by atoms with van der Waals surface area (Å²) in [5.41, 5.74) is 2.65. The van der Waals surface area contributed by atoms with Gasteiger partial charge in [-0.25, -0.2) is 4.39 Å². The Morgan fingerprint density at radius 1 is 1.58 bits per heavy atom. The molecule has 0 aromatic carbocycles. The second kappa shape index (κ2) is 2.21. The molecule has 0 bridgehead atoms. The molecule has 1 fully saturated rings. The van der Waals surface area contributed by atoms with Crippen LogP contribution in [0.2, 0.25) is 0 Å². The average Bonchev–Trinajstić information content (AvgIpc) is 2.55. The molecular weight excluding hydrogens is 151 g/mol. The SMILES string of the molecule is CCC1=C2C(CC=C1F)C2(C)C. The van der Waals surface area contributed by atoms with E-state index in [4.69, 9.17) is 0 Å². The first-order valence-corrected chi connectivity index (χ1v) is 4.68. The lowest BCUT2D eigenvalue weighted by atomic mass is 10.0. The van der Waals surface area contributed by atoms with Crippen molar-refractivity contribution in [2.24, 2.45) is 11.3 Å². The van der Waals surface area contributed by atoms with Crippen LogP contribution in [0.3, 0.4) is 0 Å². The van der Waals surface area contributed by atoms with Gasteiger partial charge in [-0.15, -0.1) is 0 Å². The fourth-order valence-electron chi connectivity index (χ4n) is 2.48. The maximum absolute atomic E-state index is 13.3. The molecule has 66 valence electrons. The zero-order valence-electron chi connectivity index (χ0n) is 7.95. The summed E-state index contributed by atoms with van der Waals surface area (Å²) >= 11 is 0. The lowest BCUT2D eigenvalue weighted by molar-refractivity contribution is 0.564. The van der Waals surface area contributed by atoms with Gasteiger partial charge in [0.15, 0.2) is 0 Å². The molecule has 0 amide bonds. The minimum absolute atomic E-state index is 0.0364. The number of halogens is 1. The third-order valence-electron chi connectivity index (χ3n) is 3.33. The lowest BCUT2D eigenvalue weighted by Gasteiger charge is -2.04. The maximum Gasteiger partial charge on any atom is 0.122 e. The molecule has 0 aliphatic heterocycles. The topological polar surface area (TPSA) is 0 Å². The summed E-state index contributed by atoms with van der Waals surface area (Å²) < 4.78 is 13.3. The Balaban J connectivity index is 2.40. The zero-order chi connectivity index (χ0) is 8.93. The molecule has 2 aliphatic carbocycles. The van der Waals surface area contributed by atoms with E-state index in [1.807, 2.05) is 6.92 Å². The molecule has 0 spiro atoms. The van der Waals surface area contributed by atoms with E-state index in [0.29, 0.717) is 5.92 Å². The molecule has 0 nitrogen and oxygen atoms in total. The highest BCUT2D eigenvalue weighted by molar-refractivity contribution is 5.50. The minimum atomic E-state index is 0.0364. The molecule has 2 rings (SSSR count). The molecule has 0 heterocycles. The summed E-state index contributed by atoms with van der Waals surface area (Å²) in [5.74, 6) is 0.682. The summed E-state index contributed by atoms with van der Waals surface area (Å²) in [6.07, 6.45) is 3.51. The first kappa shape index (κ1) is 8.03. The lowest BCUT2D eigenvalue weighted by Crippen LogP contribution is -1.89. The molecule has 1 saturated carbocycles. The van der Waals surface area contributed by atoms with Crippen molar-refractivity contribution in [3.05, 3.63) is 23.0 Å². The van der Waals surface area contributed by atoms with Crippen LogP contribution in [0.15, 0.2) is 23.0 Å². The predicted octanol–water partition coefficient (Wildman–Crippen LogP) is 3.61. The minimum Gasteiger partial charge on any atom is -0.207 e. The molecular formula is C11H15F. The van der Waals surface area contributed by atoms with Crippen molar-refractivity contribution in [1.82, 2.24) is 0 Å². The van der Waals surface area contributed by atoms with Gasteiger partial charge in [0.25, 0.3) is 0 Å². The van der Waals surface area contributed by atoms with E-state index in [1.54, 1.807) is 6.08 Å². The molecule has 0 saturated heterocycles. The van der Waals surface area contributed by atoms with Crippen molar-refractivity contribution in [3.63, 3.8) is 0 Å². The van der Waals surface area contributed by atoms with Gasteiger partial charge in [-0.1, -0.05) is 26.3 Å². The van der Waals surface area contributed by atoms with Crippen molar-refractivity contribution in [3.8, 4) is 0 Å². The standard InChI is InChI=1S/C11H15F/c1-4-7-9(12)6-5-8-10(7)11(8,2)3/h6,8H,4-5H2,1-3H3. The smallest absolute Gasteiger partial charge is 0.122 e. The van der Waals surface area contributed by atoms with Crippen LogP contribution in [0.4, 0.5) is 4.39 Å². The van der Waals surface area contributed by atoms with Gasteiger partial charge in [0, 0.05) is 0 Å². The van der Waals surface area contributed by atoms with Gasteiger partial charge < -0.3 is 0 Å². The van der Waals surface area contributed by atoms with Crippen LogP contribution < -0.4 is 0 Å². The fourth-order valence-corrected chi connectivity index (χ4v) is 2.48. The van der Waals surface area contributed by atoms with Gasteiger partial charge in [-0.2, -0.15) is 0 Å². The summed E-state index contributed by atoms with van der Waals surface area (Å²) in [6.45, 7) is 6.47. The van der Waals surface area contributed by atoms with E-state index >= 15 is 0 Å². The molecule has 0 radical (unpaired) electrons. The van der Waals surface area contributed by atoms with Gasteiger partial charge >= 0.3 is 0 Å². The number of fused-ring (bicyclic) bond motifs is 1. The van der Waals surface area contributed by atoms with Gasteiger partial charge in [-0.3, -0.25) is 0 Å². The van der Waals surface area contributed by atoms with Crippen LogP contribution in [0, 0.1) is 11.3 Å². The Morgan fingerprint density at radius 2 is 2.25 bits per heavy atom. The maximum atomic E-state index is 13.3. The third-order valence-corrected chi connectivity index (χ3v) is 3.33. The van der Waals surface area contributed by atoms with Gasteiger partial charge in [0.05, 0.1) is 0 Å². The molecule has 0 N–H and O–H groups in total. The van der Waals surface area contributed by atoms with Crippen LogP contribution >= 0.6 is 0 Å². The first-order valence-electron chi connectivity index (χ1n) is 4.68.